The Kier molecular flexibility index (Phi) is 6.63. The zero-order valence-electron chi connectivity index (χ0n) is 15.6. The highest BCUT2D eigenvalue weighted by molar-refractivity contribution is 7.91. The van der Waals surface area contributed by atoms with Crippen LogP contribution in [0.1, 0.15) is 45.2 Å². The third-order valence-electron chi connectivity index (χ3n) is 4.83. The molecule has 0 aromatic heterocycles. The topological polar surface area (TPSA) is 66.5 Å². The van der Waals surface area contributed by atoms with Gasteiger partial charge in [-0.25, -0.2) is 8.42 Å². The van der Waals surface area contributed by atoms with Crippen LogP contribution in [-0.4, -0.2) is 49.9 Å². The molecule has 0 aliphatic carbocycles. The number of benzene rings is 1. The first-order valence-electron chi connectivity index (χ1n) is 8.97. The molecular formula is C19H30N2O3S. The second-order valence-corrected chi connectivity index (χ2v) is 9.72. The minimum absolute atomic E-state index is 0.0493. The van der Waals surface area contributed by atoms with Gasteiger partial charge < -0.3 is 4.90 Å². The molecule has 0 radical (unpaired) electrons. The fraction of sp³-hybridized carbons (Fsp3) is 0.632. The molecule has 1 fully saturated rings. The number of rotatable bonds is 7. The Morgan fingerprint density at radius 3 is 2.40 bits per heavy atom. The normalized spacial score (nSPS) is 21.9. The first-order chi connectivity index (χ1) is 11.7. The van der Waals surface area contributed by atoms with Crippen molar-refractivity contribution in [2.24, 2.45) is 5.92 Å². The summed E-state index contributed by atoms with van der Waals surface area (Å²) in [7, 11) is -1.28. The van der Waals surface area contributed by atoms with Crippen LogP contribution in [0.2, 0.25) is 0 Å². The van der Waals surface area contributed by atoms with Gasteiger partial charge in [-0.2, -0.15) is 0 Å². The summed E-state index contributed by atoms with van der Waals surface area (Å²) in [5, 5.41) is 3.45. The largest absolute Gasteiger partial charge is 0.340 e. The molecular weight excluding hydrogens is 336 g/mol. The first-order valence-corrected chi connectivity index (χ1v) is 10.8. The van der Waals surface area contributed by atoms with E-state index in [0.717, 1.165) is 6.42 Å². The number of likely N-dealkylation sites (N-methyl/N-ethyl adjacent to an activating group) is 1. The van der Waals surface area contributed by atoms with Gasteiger partial charge >= 0.3 is 0 Å². The minimum atomic E-state index is -3.00. The van der Waals surface area contributed by atoms with E-state index in [9.17, 15) is 13.2 Å². The van der Waals surface area contributed by atoms with E-state index in [-0.39, 0.29) is 35.5 Å². The zero-order valence-corrected chi connectivity index (χ0v) is 16.4. The summed E-state index contributed by atoms with van der Waals surface area (Å²) in [6.45, 7) is 6.19. The smallest absolute Gasteiger partial charge is 0.239 e. The number of nitrogens with one attached hydrogen (secondary N) is 1. The summed E-state index contributed by atoms with van der Waals surface area (Å²) in [5.74, 6) is 0.706. The third-order valence-corrected chi connectivity index (χ3v) is 6.58. The molecule has 1 saturated heterocycles. The van der Waals surface area contributed by atoms with Gasteiger partial charge in [-0.05, 0) is 31.2 Å². The van der Waals surface area contributed by atoms with Crippen molar-refractivity contribution in [2.75, 3.05) is 18.6 Å². The lowest BCUT2D eigenvalue weighted by molar-refractivity contribution is -0.133. The van der Waals surface area contributed by atoms with Gasteiger partial charge in [0.1, 0.15) is 0 Å². The SMILES string of the molecule is CC(C)C[C@H](N[C@@H](C)C(=O)N(C)[C@@H]1CCS(=O)(=O)C1)c1ccccc1. The monoisotopic (exact) mass is 366 g/mol. The van der Waals surface area contributed by atoms with Crippen molar-refractivity contribution in [1.29, 1.82) is 0 Å². The number of hydrogen-bond acceptors (Lipinski definition) is 4. The zero-order chi connectivity index (χ0) is 18.6. The highest BCUT2D eigenvalue weighted by Gasteiger charge is 2.34. The summed E-state index contributed by atoms with van der Waals surface area (Å²) in [4.78, 5) is 14.4. The highest BCUT2D eigenvalue weighted by Crippen LogP contribution is 2.23. The maximum Gasteiger partial charge on any atom is 0.239 e. The van der Waals surface area contributed by atoms with Crippen LogP contribution in [0.25, 0.3) is 0 Å². The maximum atomic E-state index is 12.8. The van der Waals surface area contributed by atoms with Crippen molar-refractivity contribution < 1.29 is 13.2 Å². The lowest BCUT2D eigenvalue weighted by Gasteiger charge is -2.30. The van der Waals surface area contributed by atoms with Crippen LogP contribution in [0.5, 0.6) is 0 Å². The van der Waals surface area contributed by atoms with E-state index in [1.165, 1.54) is 5.56 Å². The van der Waals surface area contributed by atoms with E-state index in [1.54, 1.807) is 11.9 Å². The molecule has 1 aliphatic heterocycles. The van der Waals surface area contributed by atoms with Gasteiger partial charge in [0.05, 0.1) is 17.5 Å². The molecule has 0 spiro atoms. The van der Waals surface area contributed by atoms with Crippen molar-refractivity contribution >= 4 is 15.7 Å². The van der Waals surface area contributed by atoms with Gasteiger partial charge in [-0.3, -0.25) is 10.1 Å². The first kappa shape index (κ1) is 19.9. The Morgan fingerprint density at radius 1 is 1.24 bits per heavy atom. The predicted molar refractivity (Wildman–Crippen MR) is 101 cm³/mol. The van der Waals surface area contributed by atoms with Gasteiger partial charge in [0.15, 0.2) is 9.84 Å². The molecule has 3 atom stereocenters. The molecule has 0 saturated carbocycles. The van der Waals surface area contributed by atoms with Crippen LogP contribution >= 0.6 is 0 Å². The van der Waals surface area contributed by atoms with Crippen LogP contribution in [0.15, 0.2) is 30.3 Å². The fourth-order valence-electron chi connectivity index (χ4n) is 3.40. The van der Waals surface area contributed by atoms with E-state index in [1.807, 2.05) is 25.1 Å². The lowest BCUT2D eigenvalue weighted by Crippen LogP contribution is -2.48. The van der Waals surface area contributed by atoms with Gasteiger partial charge in [0, 0.05) is 19.1 Å². The summed E-state index contributed by atoms with van der Waals surface area (Å²) in [5.41, 5.74) is 1.17. The average Bonchev–Trinajstić information content (AvgIpc) is 2.93. The van der Waals surface area contributed by atoms with Crippen molar-refractivity contribution in [3.63, 3.8) is 0 Å². The standard InChI is InChI=1S/C19H30N2O3S/c1-14(2)12-18(16-8-6-5-7-9-16)20-15(3)19(22)21(4)17-10-11-25(23,24)13-17/h5-9,14-15,17-18,20H,10-13H2,1-4H3/t15-,17+,18-/m0/s1. The van der Waals surface area contributed by atoms with Crippen LogP contribution in [0.3, 0.4) is 0 Å². The molecule has 2 rings (SSSR count). The molecule has 1 heterocycles. The Hall–Kier alpha value is -1.40. The molecule has 1 aromatic rings. The molecule has 0 bridgehead atoms. The number of sulfone groups is 1. The quantitative estimate of drug-likeness (QED) is 0.805. The third kappa shape index (κ3) is 5.54. The van der Waals surface area contributed by atoms with Crippen LogP contribution in [0, 0.1) is 5.92 Å². The predicted octanol–water partition coefficient (Wildman–Crippen LogP) is 2.40. The van der Waals surface area contributed by atoms with E-state index >= 15 is 0 Å². The van der Waals surface area contributed by atoms with E-state index in [4.69, 9.17) is 0 Å². The number of hydrogen-bond donors (Lipinski definition) is 1. The molecule has 140 valence electrons. The number of amides is 1. The van der Waals surface area contributed by atoms with Crippen LogP contribution < -0.4 is 5.32 Å². The van der Waals surface area contributed by atoms with Gasteiger partial charge in [0.2, 0.25) is 5.91 Å². The molecule has 5 nitrogen and oxygen atoms in total. The summed E-state index contributed by atoms with van der Waals surface area (Å²) in [6, 6.07) is 9.67. The van der Waals surface area contributed by atoms with E-state index in [2.05, 4.69) is 31.3 Å². The van der Waals surface area contributed by atoms with Gasteiger partial charge in [-0.1, -0.05) is 44.2 Å². The molecule has 0 unspecified atom stereocenters. The molecule has 1 aliphatic rings. The Labute approximate surface area is 151 Å². The van der Waals surface area contributed by atoms with Crippen molar-refractivity contribution in [3.05, 3.63) is 35.9 Å². The number of carbonyl (C=O) groups excluding carboxylic acids is 1. The van der Waals surface area contributed by atoms with Crippen molar-refractivity contribution in [3.8, 4) is 0 Å². The Balaban J connectivity index is 2.04. The molecule has 1 N–H and O–H groups in total. The fourth-order valence-corrected chi connectivity index (χ4v) is 5.17. The molecule has 1 aromatic carbocycles. The molecule has 6 heteroatoms. The second-order valence-electron chi connectivity index (χ2n) is 7.49. The van der Waals surface area contributed by atoms with E-state index in [0.29, 0.717) is 12.3 Å². The van der Waals surface area contributed by atoms with E-state index < -0.39 is 9.84 Å². The maximum absolute atomic E-state index is 12.8. The van der Waals surface area contributed by atoms with Crippen molar-refractivity contribution in [1.82, 2.24) is 10.2 Å². The van der Waals surface area contributed by atoms with Crippen molar-refractivity contribution in [2.45, 2.75) is 51.7 Å². The molecule has 25 heavy (non-hydrogen) atoms. The number of carbonyl (C=O) groups is 1. The van der Waals surface area contributed by atoms with Gasteiger partial charge in [0.25, 0.3) is 0 Å². The second kappa shape index (κ2) is 8.32. The Morgan fingerprint density at radius 2 is 1.88 bits per heavy atom. The highest BCUT2D eigenvalue weighted by atomic mass is 32.2. The van der Waals surface area contributed by atoms with Crippen LogP contribution in [-0.2, 0) is 14.6 Å². The summed E-state index contributed by atoms with van der Waals surface area (Å²) in [6.07, 6.45) is 1.47. The minimum Gasteiger partial charge on any atom is -0.340 e. The average molecular weight is 367 g/mol. The van der Waals surface area contributed by atoms with Crippen LogP contribution in [0.4, 0.5) is 0 Å². The summed E-state index contributed by atoms with van der Waals surface area (Å²) >= 11 is 0. The lowest BCUT2D eigenvalue weighted by atomic mass is 9.96. The molecule has 1 amide bonds. The number of nitrogens with zero attached hydrogens (tertiary/aromatic N) is 1. The summed E-state index contributed by atoms with van der Waals surface area (Å²) < 4.78 is 23.3. The Bertz CT molecular complexity index is 673. The van der Waals surface area contributed by atoms with Gasteiger partial charge in [-0.15, -0.1) is 0 Å².